The van der Waals surface area contributed by atoms with E-state index in [9.17, 15) is 9.90 Å². The molecule has 1 saturated heterocycles. The number of hydroxylamine groups is 1. The lowest BCUT2D eigenvalue weighted by Crippen LogP contribution is -2.34. The molecule has 2 aromatic carbocycles. The van der Waals surface area contributed by atoms with Gasteiger partial charge >= 0.3 is 0 Å². The molecule has 0 bridgehead atoms. The smallest absolute Gasteiger partial charge is 0.274 e. The predicted octanol–water partition coefficient (Wildman–Crippen LogP) is 1.91. The van der Waals surface area contributed by atoms with Gasteiger partial charge in [-0.1, -0.05) is 47.7 Å². The molecule has 8 heteroatoms. The molecular formula is C22H25N5O3. The van der Waals surface area contributed by atoms with Crippen LogP contribution in [0, 0.1) is 0 Å². The summed E-state index contributed by atoms with van der Waals surface area (Å²) in [5.74, 6) is -0.554. The second-order valence-electron chi connectivity index (χ2n) is 7.56. The van der Waals surface area contributed by atoms with Crippen LogP contribution in [0.4, 0.5) is 0 Å². The van der Waals surface area contributed by atoms with E-state index in [-0.39, 0.29) is 18.7 Å². The zero-order valence-electron chi connectivity index (χ0n) is 16.6. The highest BCUT2D eigenvalue weighted by Gasteiger charge is 2.33. The summed E-state index contributed by atoms with van der Waals surface area (Å²) in [6.07, 6.45) is 3.67. The van der Waals surface area contributed by atoms with Gasteiger partial charge in [0, 0.05) is 30.3 Å². The van der Waals surface area contributed by atoms with Crippen LogP contribution in [0.1, 0.15) is 28.4 Å². The topological polar surface area (TPSA) is 104 Å². The van der Waals surface area contributed by atoms with Crippen LogP contribution in [0.2, 0.25) is 0 Å². The summed E-state index contributed by atoms with van der Waals surface area (Å²) in [6, 6.07) is 17.4. The molecule has 8 nitrogen and oxygen atoms in total. The number of benzene rings is 2. The maximum atomic E-state index is 11.5. The summed E-state index contributed by atoms with van der Waals surface area (Å²) in [6.45, 7) is 1.83. The van der Waals surface area contributed by atoms with E-state index in [4.69, 9.17) is 5.21 Å². The Kier molecular flexibility index (Phi) is 6.18. The second kappa shape index (κ2) is 9.17. The number of aliphatic hydroxyl groups is 1. The van der Waals surface area contributed by atoms with E-state index >= 15 is 0 Å². The molecule has 0 unspecified atom stereocenters. The molecule has 1 fully saturated rings. The minimum atomic E-state index is -0.554. The molecule has 156 valence electrons. The first-order chi connectivity index (χ1) is 14.7. The minimum absolute atomic E-state index is 0.114. The fourth-order valence-corrected chi connectivity index (χ4v) is 3.97. The number of carbonyl (C=O) groups is 1. The summed E-state index contributed by atoms with van der Waals surface area (Å²) in [7, 11) is 0. The zero-order chi connectivity index (χ0) is 20.9. The number of aromatic nitrogens is 3. The maximum absolute atomic E-state index is 11.5. The Morgan fingerprint density at radius 3 is 2.60 bits per heavy atom. The van der Waals surface area contributed by atoms with E-state index in [2.05, 4.69) is 27.3 Å². The number of hydrogen-bond donors (Lipinski definition) is 3. The number of carbonyl (C=O) groups excluding carboxylic acids is 1. The van der Waals surface area contributed by atoms with Gasteiger partial charge in [0.05, 0.1) is 18.8 Å². The van der Waals surface area contributed by atoms with Crippen LogP contribution < -0.4 is 5.48 Å². The second-order valence-corrected chi connectivity index (χ2v) is 7.56. The van der Waals surface area contributed by atoms with Gasteiger partial charge in [-0.25, -0.2) is 10.2 Å². The largest absolute Gasteiger partial charge is 0.395 e. The van der Waals surface area contributed by atoms with Crippen molar-refractivity contribution in [3.63, 3.8) is 0 Å². The van der Waals surface area contributed by atoms with Gasteiger partial charge in [-0.3, -0.25) is 14.9 Å². The lowest BCUT2D eigenvalue weighted by atomic mass is 10.1. The van der Waals surface area contributed by atoms with Crippen molar-refractivity contribution in [1.82, 2.24) is 25.4 Å². The van der Waals surface area contributed by atoms with Crippen LogP contribution in [0.5, 0.6) is 0 Å². The maximum Gasteiger partial charge on any atom is 0.274 e. The van der Waals surface area contributed by atoms with Crippen molar-refractivity contribution in [3.05, 3.63) is 71.9 Å². The van der Waals surface area contributed by atoms with Gasteiger partial charge in [0.1, 0.15) is 5.69 Å². The first-order valence-electron chi connectivity index (χ1n) is 10.0. The molecule has 30 heavy (non-hydrogen) atoms. The van der Waals surface area contributed by atoms with Crippen LogP contribution in [-0.4, -0.2) is 61.9 Å². The van der Waals surface area contributed by atoms with Crippen molar-refractivity contribution in [1.29, 1.82) is 0 Å². The third-order valence-electron chi connectivity index (χ3n) is 5.68. The van der Waals surface area contributed by atoms with Gasteiger partial charge < -0.3 is 5.11 Å². The van der Waals surface area contributed by atoms with E-state index in [1.807, 2.05) is 29.1 Å². The fraction of sp³-hybridized carbons (Fsp3) is 0.318. The average molecular weight is 407 g/mol. The Bertz CT molecular complexity index is 974. The quantitative estimate of drug-likeness (QED) is 0.408. The summed E-state index contributed by atoms with van der Waals surface area (Å²) in [5, 5.41) is 27.1. The van der Waals surface area contributed by atoms with Crippen LogP contribution in [0.25, 0.3) is 11.3 Å². The van der Waals surface area contributed by atoms with Crippen molar-refractivity contribution in [2.45, 2.75) is 24.9 Å². The predicted molar refractivity (Wildman–Crippen MR) is 111 cm³/mol. The van der Waals surface area contributed by atoms with Crippen LogP contribution in [-0.2, 0) is 6.42 Å². The molecule has 3 aromatic rings. The normalized spacial score (nSPS) is 19.1. The molecule has 1 aliphatic heterocycles. The highest BCUT2D eigenvalue weighted by Crippen LogP contribution is 2.28. The molecule has 0 spiro atoms. The van der Waals surface area contributed by atoms with Crippen molar-refractivity contribution < 1.29 is 15.1 Å². The van der Waals surface area contributed by atoms with Crippen LogP contribution in [0.3, 0.4) is 0 Å². The number of rotatable bonds is 7. The van der Waals surface area contributed by atoms with E-state index in [1.165, 1.54) is 5.56 Å². The number of nitrogens with one attached hydrogen (secondary N) is 1. The number of likely N-dealkylation sites (tertiary alicyclic amines) is 1. The third-order valence-corrected chi connectivity index (χ3v) is 5.68. The van der Waals surface area contributed by atoms with E-state index in [0.29, 0.717) is 11.3 Å². The Morgan fingerprint density at radius 1 is 1.13 bits per heavy atom. The fourth-order valence-electron chi connectivity index (χ4n) is 3.97. The number of nitrogens with zero attached hydrogens (tertiary/aromatic N) is 4. The molecule has 2 heterocycles. The lowest BCUT2D eigenvalue weighted by Gasteiger charge is -2.22. The van der Waals surface area contributed by atoms with E-state index in [1.54, 1.807) is 29.7 Å². The summed E-state index contributed by atoms with van der Waals surface area (Å²) in [5.41, 5.74) is 4.83. The average Bonchev–Trinajstić information content (AvgIpc) is 3.45. The molecule has 4 rings (SSSR count). The van der Waals surface area contributed by atoms with Crippen molar-refractivity contribution in [2.75, 3.05) is 19.7 Å². The first-order valence-corrected chi connectivity index (χ1v) is 10.0. The van der Waals surface area contributed by atoms with Gasteiger partial charge in [-0.05, 0) is 30.5 Å². The van der Waals surface area contributed by atoms with Gasteiger partial charge in [0.15, 0.2) is 0 Å². The van der Waals surface area contributed by atoms with Gasteiger partial charge in [0.25, 0.3) is 5.91 Å². The third kappa shape index (κ3) is 4.40. The molecule has 0 aliphatic carbocycles. The number of hydrogen-bond acceptors (Lipinski definition) is 6. The van der Waals surface area contributed by atoms with Gasteiger partial charge in [-0.2, -0.15) is 0 Å². The standard InChI is InChI=1S/C22H25N5O3/c28-15-20-12-19(13-26(20)11-10-16-4-2-1-3-5-16)27-14-21(23-25-27)17-6-8-18(9-7-17)22(29)24-30/h1-9,14,19-20,28,30H,10-13,15H2,(H,24,29)/t19-,20+/m0/s1. The highest BCUT2D eigenvalue weighted by molar-refractivity contribution is 5.93. The first kappa shape index (κ1) is 20.2. The Hall–Kier alpha value is -3.07. The summed E-state index contributed by atoms with van der Waals surface area (Å²) in [4.78, 5) is 13.8. The molecule has 3 N–H and O–H groups in total. The van der Waals surface area contributed by atoms with Crippen LogP contribution >= 0.6 is 0 Å². The molecule has 1 amide bonds. The highest BCUT2D eigenvalue weighted by atomic mass is 16.5. The molecular weight excluding hydrogens is 382 g/mol. The van der Waals surface area contributed by atoms with E-state index in [0.717, 1.165) is 31.5 Å². The summed E-state index contributed by atoms with van der Waals surface area (Å²) >= 11 is 0. The van der Waals surface area contributed by atoms with Crippen molar-refractivity contribution in [3.8, 4) is 11.3 Å². The SMILES string of the molecule is O=C(NO)c1ccc(-c2cn([C@H]3C[C@H](CO)N(CCc4ccccc4)C3)nn2)cc1. The summed E-state index contributed by atoms with van der Waals surface area (Å²) < 4.78 is 1.87. The number of aliphatic hydroxyl groups excluding tert-OH is 1. The Labute approximate surface area is 174 Å². The molecule has 0 radical (unpaired) electrons. The monoisotopic (exact) mass is 407 g/mol. The molecule has 1 aliphatic rings. The Morgan fingerprint density at radius 2 is 1.90 bits per heavy atom. The van der Waals surface area contributed by atoms with Gasteiger partial charge in [-0.15, -0.1) is 5.10 Å². The zero-order valence-corrected chi connectivity index (χ0v) is 16.6. The van der Waals surface area contributed by atoms with Crippen LogP contribution in [0.15, 0.2) is 60.8 Å². The van der Waals surface area contributed by atoms with Crippen molar-refractivity contribution >= 4 is 5.91 Å². The molecule has 2 atom stereocenters. The molecule has 1 aromatic heterocycles. The van der Waals surface area contributed by atoms with Gasteiger partial charge in [0.2, 0.25) is 0 Å². The Balaban J connectivity index is 1.42. The lowest BCUT2D eigenvalue weighted by molar-refractivity contribution is 0.0706. The number of amides is 1. The molecule has 0 saturated carbocycles. The van der Waals surface area contributed by atoms with E-state index < -0.39 is 5.91 Å². The minimum Gasteiger partial charge on any atom is -0.395 e. The van der Waals surface area contributed by atoms with Crippen molar-refractivity contribution in [2.24, 2.45) is 0 Å².